The van der Waals surface area contributed by atoms with Crippen molar-refractivity contribution in [1.29, 1.82) is 10.5 Å². The van der Waals surface area contributed by atoms with E-state index >= 15 is 0 Å². The number of benzene rings is 2. The van der Waals surface area contributed by atoms with Gasteiger partial charge in [-0.05, 0) is 83.5 Å². The molecule has 22 heteroatoms. The standard InChI is InChI=1S/C24H30BN5O6.C19H20BrN5O4.CH4/c1-14-7-16(8-17(23(32)33-4)20(14)25-35-12-24(2,3)13-36-25)28-22-18(21(27)31)10-30(29-22)19-11-34-6-5-15(19)9-26;1-10-5-12(6-13(16(10)20)19(27)28-2)23-18-14(17(22)26)8-25(24-18)15-9-29-4-3-11(15)7-21;/h7-8,10,15,19H,5-6,11-13H2,1-4H3,(H2,27,31)(H,28,29);5-6,8,11,15H,3-4,9H2,1-2H3,(H2,22,26)(H,23,24);1H4/t15-,19?;11-,15?;/m11./s1. The number of methoxy groups -OCH3 is 2. The second-order valence-corrected chi connectivity index (χ2v) is 17.4. The van der Waals surface area contributed by atoms with Crippen LogP contribution in [0.1, 0.15) is 98.8 Å². The zero-order valence-electron chi connectivity index (χ0n) is 36.8. The molecule has 4 aromatic rings. The highest BCUT2D eigenvalue weighted by Crippen LogP contribution is 2.33. The molecule has 350 valence electrons. The van der Waals surface area contributed by atoms with Crippen LogP contribution in [0.25, 0.3) is 0 Å². The lowest BCUT2D eigenvalue weighted by atomic mass is 9.71. The van der Waals surface area contributed by atoms with E-state index in [1.54, 1.807) is 33.6 Å². The van der Waals surface area contributed by atoms with Crippen molar-refractivity contribution in [3.8, 4) is 12.1 Å². The fourth-order valence-electron chi connectivity index (χ4n) is 7.63. The Morgan fingerprint density at radius 3 is 1.65 bits per heavy atom. The first-order valence-corrected chi connectivity index (χ1v) is 21.4. The van der Waals surface area contributed by atoms with Crippen LogP contribution in [0.4, 0.5) is 23.0 Å². The quantitative estimate of drug-likeness (QED) is 0.114. The maximum Gasteiger partial charge on any atom is 0.495 e. The van der Waals surface area contributed by atoms with Crippen molar-refractivity contribution in [2.24, 2.45) is 28.7 Å². The first-order chi connectivity index (χ1) is 31.0. The van der Waals surface area contributed by atoms with E-state index in [0.717, 1.165) is 11.1 Å². The summed E-state index contributed by atoms with van der Waals surface area (Å²) < 4.78 is 36.4. The molecule has 2 unspecified atom stereocenters. The number of nitrogens with zero attached hydrogens (tertiary/aromatic N) is 6. The molecule has 0 radical (unpaired) electrons. The number of nitriles is 2. The van der Waals surface area contributed by atoms with Crippen molar-refractivity contribution in [2.75, 3.05) is 64.5 Å². The second-order valence-electron chi connectivity index (χ2n) is 16.6. The number of carbonyl (C=O) groups is 4. The molecule has 7 rings (SSSR count). The van der Waals surface area contributed by atoms with Crippen molar-refractivity contribution in [3.05, 3.63) is 74.5 Å². The molecule has 2 aromatic heterocycles. The van der Waals surface area contributed by atoms with Gasteiger partial charge in [0, 0.05) is 60.1 Å². The Kier molecular flexibility index (Phi) is 16.7. The number of nitrogens with one attached hydrogen (secondary N) is 2. The lowest BCUT2D eigenvalue weighted by molar-refractivity contribution is 0.0339. The Hall–Kier alpha value is -6.30. The van der Waals surface area contributed by atoms with Crippen LogP contribution in [0.3, 0.4) is 0 Å². The van der Waals surface area contributed by atoms with E-state index < -0.39 is 30.9 Å². The predicted octanol–water partition coefficient (Wildman–Crippen LogP) is 5.01. The summed E-state index contributed by atoms with van der Waals surface area (Å²) in [5.74, 6) is -2.53. The van der Waals surface area contributed by atoms with Crippen LogP contribution < -0.4 is 27.6 Å². The molecule has 2 aromatic carbocycles. The fraction of sp³-hybridized carbons (Fsp3) is 0.455. The molecule has 0 aliphatic carbocycles. The molecular formula is C44H54BBrN10O10. The van der Waals surface area contributed by atoms with E-state index in [9.17, 15) is 29.7 Å². The Morgan fingerprint density at radius 2 is 1.21 bits per heavy atom. The van der Waals surface area contributed by atoms with Crippen LogP contribution in [0.2, 0.25) is 0 Å². The number of aryl methyl sites for hydroxylation is 2. The van der Waals surface area contributed by atoms with Gasteiger partial charge in [-0.15, -0.1) is 0 Å². The normalized spacial score (nSPS) is 19.9. The van der Waals surface area contributed by atoms with Gasteiger partial charge in [0.15, 0.2) is 11.6 Å². The van der Waals surface area contributed by atoms with Crippen molar-refractivity contribution < 1.29 is 47.4 Å². The number of rotatable bonds is 11. The molecule has 2 amide bonds. The molecule has 66 heavy (non-hydrogen) atoms. The molecule has 5 heterocycles. The van der Waals surface area contributed by atoms with E-state index in [2.05, 4.69) is 48.9 Å². The molecule has 0 spiro atoms. The molecule has 20 nitrogen and oxygen atoms in total. The highest BCUT2D eigenvalue weighted by Gasteiger charge is 2.38. The Bertz CT molecular complexity index is 2540. The number of nitrogens with two attached hydrogens (primary N) is 2. The molecule has 6 N–H and O–H groups in total. The van der Waals surface area contributed by atoms with Crippen LogP contribution in [-0.2, 0) is 28.3 Å². The molecule has 3 fully saturated rings. The van der Waals surface area contributed by atoms with Crippen LogP contribution in [0.5, 0.6) is 0 Å². The van der Waals surface area contributed by atoms with E-state index in [-0.39, 0.29) is 65.1 Å². The smallest absolute Gasteiger partial charge is 0.465 e. The minimum Gasteiger partial charge on any atom is -0.465 e. The van der Waals surface area contributed by atoms with E-state index in [1.165, 1.54) is 26.6 Å². The predicted molar refractivity (Wildman–Crippen MR) is 246 cm³/mol. The van der Waals surface area contributed by atoms with Gasteiger partial charge in [-0.3, -0.25) is 19.0 Å². The highest BCUT2D eigenvalue weighted by atomic mass is 79.9. The molecule has 3 aliphatic heterocycles. The van der Waals surface area contributed by atoms with Crippen molar-refractivity contribution in [3.63, 3.8) is 0 Å². The minimum absolute atomic E-state index is 0. The van der Waals surface area contributed by atoms with Crippen molar-refractivity contribution in [2.45, 2.75) is 60.0 Å². The number of esters is 2. The summed E-state index contributed by atoms with van der Waals surface area (Å²) in [6, 6.07) is 10.7. The summed E-state index contributed by atoms with van der Waals surface area (Å²) in [5.41, 5.74) is 15.1. The summed E-state index contributed by atoms with van der Waals surface area (Å²) >= 11 is 3.38. The lowest BCUT2D eigenvalue weighted by Gasteiger charge is -2.34. The summed E-state index contributed by atoms with van der Waals surface area (Å²) in [5, 5.41) is 34.0. The summed E-state index contributed by atoms with van der Waals surface area (Å²) in [6.45, 7) is 10.3. The number of anilines is 4. The van der Waals surface area contributed by atoms with Crippen LogP contribution in [-0.4, -0.2) is 104 Å². The lowest BCUT2D eigenvalue weighted by Crippen LogP contribution is -2.50. The summed E-state index contributed by atoms with van der Waals surface area (Å²) in [7, 11) is 1.89. The topological polar surface area (TPSA) is 283 Å². The maximum absolute atomic E-state index is 12.7. The van der Waals surface area contributed by atoms with Gasteiger partial charge in [-0.25, -0.2) is 9.59 Å². The summed E-state index contributed by atoms with van der Waals surface area (Å²) in [4.78, 5) is 48.9. The first kappa shape index (κ1) is 50.7. The fourth-order valence-corrected chi connectivity index (χ4v) is 8.02. The Balaban J connectivity index is 0.000000249. The molecule has 4 atom stereocenters. The van der Waals surface area contributed by atoms with Gasteiger partial charge in [0.25, 0.3) is 11.8 Å². The Morgan fingerprint density at radius 1 is 0.773 bits per heavy atom. The third kappa shape index (κ3) is 11.4. The number of ether oxygens (including phenoxy) is 4. The van der Waals surface area contributed by atoms with Gasteiger partial charge in [-0.2, -0.15) is 20.7 Å². The third-order valence-corrected chi connectivity index (χ3v) is 12.2. The van der Waals surface area contributed by atoms with Crippen LogP contribution in [0, 0.1) is 53.8 Å². The average Bonchev–Trinajstić information content (AvgIpc) is 3.92. The largest absolute Gasteiger partial charge is 0.495 e. The SMILES string of the molecule is C.COC(=O)c1cc(Nc2nn(C3COCC[C@@H]3C#N)cc2C(N)=O)cc(C)c1B1OCC(C)(C)CO1.COC(=O)c1cc(Nc2nn(C3COCC[C@@H]3C#N)cc2C(N)=O)cc(C)c1Br. The molecular weight excluding hydrogens is 919 g/mol. The number of primary amides is 2. The van der Waals surface area contributed by atoms with E-state index in [0.29, 0.717) is 79.4 Å². The average molecular weight is 974 g/mol. The molecule has 3 aliphatic rings. The number of hydrogen-bond donors (Lipinski definition) is 4. The molecule has 3 saturated heterocycles. The molecule has 0 bridgehead atoms. The van der Waals surface area contributed by atoms with E-state index in [1.807, 2.05) is 27.7 Å². The first-order valence-electron chi connectivity index (χ1n) is 20.6. The molecule has 0 saturated carbocycles. The zero-order valence-corrected chi connectivity index (χ0v) is 38.4. The Labute approximate surface area is 391 Å². The number of hydrogen-bond acceptors (Lipinski definition) is 16. The van der Waals surface area contributed by atoms with Gasteiger partial charge in [0.2, 0.25) is 0 Å². The van der Waals surface area contributed by atoms with Crippen molar-refractivity contribution in [1.82, 2.24) is 19.6 Å². The van der Waals surface area contributed by atoms with Gasteiger partial charge in [0.05, 0.1) is 74.6 Å². The zero-order chi connectivity index (χ0) is 47.2. The van der Waals surface area contributed by atoms with Gasteiger partial charge in [-0.1, -0.05) is 21.3 Å². The van der Waals surface area contributed by atoms with Gasteiger partial charge in [0.1, 0.15) is 11.1 Å². The minimum atomic E-state index is -0.712. The van der Waals surface area contributed by atoms with Crippen LogP contribution >= 0.6 is 15.9 Å². The third-order valence-electron chi connectivity index (χ3n) is 11.1. The second kappa shape index (κ2) is 21.8. The monoisotopic (exact) mass is 972 g/mol. The number of amides is 2. The highest BCUT2D eigenvalue weighted by molar-refractivity contribution is 9.10. The van der Waals surface area contributed by atoms with Crippen molar-refractivity contribution >= 4 is 75.3 Å². The number of halogens is 1. The number of aromatic nitrogens is 4. The number of carbonyl (C=O) groups excluding carboxylic acids is 4. The van der Waals surface area contributed by atoms with Gasteiger partial charge < -0.3 is 50.4 Å². The maximum atomic E-state index is 12.7. The summed E-state index contributed by atoms with van der Waals surface area (Å²) in [6.07, 6.45) is 4.19. The van der Waals surface area contributed by atoms with Gasteiger partial charge >= 0.3 is 19.1 Å². The van der Waals surface area contributed by atoms with E-state index in [4.69, 9.17) is 39.7 Å². The van der Waals surface area contributed by atoms with Crippen LogP contribution in [0.15, 0.2) is 41.1 Å².